The molecule has 0 aromatic heterocycles. The molecule has 2 rings (SSSR count). The molecule has 1 aromatic carbocycles. The molecular formula is C13H15N3O3S. The average Bonchev–Trinajstić information content (AvgIpc) is 2.37. The van der Waals surface area contributed by atoms with Gasteiger partial charge in [-0.1, -0.05) is 6.07 Å². The van der Waals surface area contributed by atoms with Crippen LogP contribution in [-0.4, -0.2) is 23.2 Å². The summed E-state index contributed by atoms with van der Waals surface area (Å²) in [5.74, 6) is -0.202. The smallest absolute Gasteiger partial charge is 0.248 e. The molecule has 1 aliphatic heterocycles. The SMILES string of the molecule is COc1cc(C2NC(=S)NC(C)=C2C(N)=O)ccc1O. The highest BCUT2D eigenvalue weighted by atomic mass is 32.1. The summed E-state index contributed by atoms with van der Waals surface area (Å²) < 4.78 is 5.07. The molecule has 1 unspecified atom stereocenters. The highest BCUT2D eigenvalue weighted by Crippen LogP contribution is 2.33. The van der Waals surface area contributed by atoms with E-state index in [-0.39, 0.29) is 5.75 Å². The predicted octanol–water partition coefficient (Wildman–Crippen LogP) is 0.679. The Kier molecular flexibility index (Phi) is 3.80. The van der Waals surface area contributed by atoms with Gasteiger partial charge >= 0.3 is 0 Å². The lowest BCUT2D eigenvalue weighted by Crippen LogP contribution is -2.46. The lowest BCUT2D eigenvalue weighted by atomic mass is 9.95. The largest absolute Gasteiger partial charge is 0.504 e. The van der Waals surface area contributed by atoms with Gasteiger partial charge in [-0.25, -0.2) is 0 Å². The number of aromatic hydroxyl groups is 1. The molecule has 7 heteroatoms. The number of carbonyl (C=O) groups excluding carboxylic acids is 1. The molecular weight excluding hydrogens is 278 g/mol. The van der Waals surface area contributed by atoms with E-state index in [9.17, 15) is 9.90 Å². The van der Waals surface area contributed by atoms with Crippen molar-refractivity contribution in [3.63, 3.8) is 0 Å². The Morgan fingerprint density at radius 2 is 2.20 bits per heavy atom. The fraction of sp³-hybridized carbons (Fsp3) is 0.231. The Hall–Kier alpha value is -2.28. The van der Waals surface area contributed by atoms with Crippen molar-refractivity contribution < 1.29 is 14.6 Å². The zero-order chi connectivity index (χ0) is 14.9. The van der Waals surface area contributed by atoms with Gasteiger partial charge in [0.05, 0.1) is 18.7 Å². The first-order valence-electron chi connectivity index (χ1n) is 5.89. The number of benzene rings is 1. The summed E-state index contributed by atoms with van der Waals surface area (Å²) in [6, 6.07) is 4.34. The maximum absolute atomic E-state index is 11.6. The maximum atomic E-state index is 11.6. The topological polar surface area (TPSA) is 96.6 Å². The summed E-state index contributed by atoms with van der Waals surface area (Å²) in [6.45, 7) is 1.73. The molecule has 1 amide bonds. The van der Waals surface area contributed by atoms with Crippen LogP contribution in [0.3, 0.4) is 0 Å². The van der Waals surface area contributed by atoms with E-state index in [2.05, 4.69) is 10.6 Å². The van der Waals surface area contributed by atoms with Gasteiger partial charge in [0.25, 0.3) is 0 Å². The number of carbonyl (C=O) groups is 1. The molecule has 1 heterocycles. The second-order valence-corrected chi connectivity index (χ2v) is 4.77. The monoisotopic (exact) mass is 293 g/mol. The third-order valence-corrected chi connectivity index (χ3v) is 3.29. The van der Waals surface area contributed by atoms with Gasteiger partial charge in [0.15, 0.2) is 16.6 Å². The van der Waals surface area contributed by atoms with E-state index in [1.54, 1.807) is 19.1 Å². The molecule has 1 aliphatic rings. The normalized spacial score (nSPS) is 18.3. The average molecular weight is 293 g/mol. The van der Waals surface area contributed by atoms with Gasteiger partial charge in [0, 0.05) is 5.70 Å². The Morgan fingerprint density at radius 3 is 2.80 bits per heavy atom. The van der Waals surface area contributed by atoms with E-state index in [0.29, 0.717) is 22.1 Å². The highest BCUT2D eigenvalue weighted by molar-refractivity contribution is 7.80. The molecule has 106 valence electrons. The van der Waals surface area contributed by atoms with Crippen LogP contribution in [0.5, 0.6) is 11.5 Å². The van der Waals surface area contributed by atoms with Gasteiger partial charge in [-0.15, -0.1) is 0 Å². The van der Waals surface area contributed by atoms with Crippen LogP contribution in [0.2, 0.25) is 0 Å². The minimum Gasteiger partial charge on any atom is -0.504 e. The zero-order valence-electron chi connectivity index (χ0n) is 11.1. The Bertz CT molecular complexity index is 613. The summed E-state index contributed by atoms with van der Waals surface area (Å²) in [6.07, 6.45) is 0. The number of methoxy groups -OCH3 is 1. The molecule has 1 aromatic rings. The standard InChI is InChI=1S/C13H15N3O3S/c1-6-10(12(14)18)11(16-13(20)15-6)7-3-4-8(17)9(5-7)19-2/h3-5,11,17H,1-2H3,(H2,14,18)(H2,15,16,20). The number of nitrogens with one attached hydrogen (secondary N) is 2. The summed E-state index contributed by atoms with van der Waals surface area (Å²) in [5, 5.41) is 15.9. The van der Waals surface area contributed by atoms with Gasteiger partial charge in [0.1, 0.15) is 0 Å². The number of phenolic OH excluding ortho intramolecular Hbond substituents is 1. The number of hydrogen-bond acceptors (Lipinski definition) is 4. The van der Waals surface area contributed by atoms with E-state index >= 15 is 0 Å². The van der Waals surface area contributed by atoms with Gasteiger partial charge in [0.2, 0.25) is 5.91 Å². The fourth-order valence-electron chi connectivity index (χ4n) is 2.14. The second-order valence-electron chi connectivity index (χ2n) is 4.37. The molecule has 6 nitrogen and oxygen atoms in total. The molecule has 1 atom stereocenters. The van der Waals surface area contributed by atoms with Crippen molar-refractivity contribution in [1.29, 1.82) is 0 Å². The van der Waals surface area contributed by atoms with Crippen LogP contribution < -0.4 is 21.1 Å². The first kappa shape index (κ1) is 14.1. The number of rotatable bonds is 3. The molecule has 0 saturated carbocycles. The van der Waals surface area contributed by atoms with Gasteiger partial charge in [-0.2, -0.15) is 0 Å². The molecule has 0 spiro atoms. The van der Waals surface area contributed by atoms with Crippen molar-refractivity contribution in [1.82, 2.24) is 10.6 Å². The van der Waals surface area contributed by atoms with Crippen LogP contribution in [0, 0.1) is 0 Å². The lowest BCUT2D eigenvalue weighted by molar-refractivity contribution is -0.115. The number of phenols is 1. The first-order chi connectivity index (χ1) is 9.43. The number of ether oxygens (including phenoxy) is 1. The van der Waals surface area contributed by atoms with E-state index in [1.807, 2.05) is 0 Å². The molecule has 0 saturated heterocycles. The van der Waals surface area contributed by atoms with Crippen molar-refractivity contribution in [2.24, 2.45) is 5.73 Å². The highest BCUT2D eigenvalue weighted by Gasteiger charge is 2.28. The van der Waals surface area contributed by atoms with Gasteiger partial charge in [-0.05, 0) is 36.8 Å². The fourth-order valence-corrected chi connectivity index (χ4v) is 2.42. The number of nitrogens with two attached hydrogens (primary N) is 1. The third-order valence-electron chi connectivity index (χ3n) is 3.07. The lowest BCUT2D eigenvalue weighted by Gasteiger charge is -2.29. The molecule has 0 fully saturated rings. The predicted molar refractivity (Wildman–Crippen MR) is 78.2 cm³/mol. The Balaban J connectivity index is 2.51. The summed E-state index contributed by atoms with van der Waals surface area (Å²) in [7, 11) is 1.45. The van der Waals surface area contributed by atoms with Crippen LogP contribution in [-0.2, 0) is 4.79 Å². The van der Waals surface area contributed by atoms with Gasteiger partial charge < -0.3 is 26.2 Å². The van der Waals surface area contributed by atoms with Crippen molar-refractivity contribution in [3.05, 3.63) is 35.0 Å². The van der Waals surface area contributed by atoms with Crippen LogP contribution in [0.1, 0.15) is 18.5 Å². The first-order valence-corrected chi connectivity index (χ1v) is 6.30. The van der Waals surface area contributed by atoms with Gasteiger partial charge in [-0.3, -0.25) is 4.79 Å². The van der Waals surface area contributed by atoms with E-state index in [4.69, 9.17) is 22.7 Å². The van der Waals surface area contributed by atoms with Crippen molar-refractivity contribution >= 4 is 23.2 Å². The minimum absolute atomic E-state index is 0.0223. The number of thiocarbonyl (C=S) groups is 1. The van der Waals surface area contributed by atoms with E-state index in [0.717, 1.165) is 5.56 Å². The van der Waals surface area contributed by atoms with Crippen LogP contribution >= 0.6 is 12.2 Å². The molecule has 0 radical (unpaired) electrons. The van der Waals surface area contributed by atoms with Crippen molar-refractivity contribution in [3.8, 4) is 11.5 Å². The summed E-state index contributed by atoms with van der Waals surface area (Å²) >= 11 is 5.10. The van der Waals surface area contributed by atoms with E-state index < -0.39 is 11.9 Å². The number of primary amides is 1. The summed E-state index contributed by atoms with van der Waals surface area (Å²) in [4.78, 5) is 11.6. The third kappa shape index (κ3) is 2.53. The van der Waals surface area contributed by atoms with E-state index in [1.165, 1.54) is 13.2 Å². The molecule has 5 N–H and O–H groups in total. The number of allylic oxidation sites excluding steroid dienone is 1. The minimum atomic E-state index is -0.540. The van der Waals surface area contributed by atoms with Crippen molar-refractivity contribution in [2.75, 3.05) is 7.11 Å². The molecule has 20 heavy (non-hydrogen) atoms. The number of amides is 1. The van der Waals surface area contributed by atoms with Crippen molar-refractivity contribution in [2.45, 2.75) is 13.0 Å². The van der Waals surface area contributed by atoms with Crippen LogP contribution in [0.25, 0.3) is 0 Å². The van der Waals surface area contributed by atoms with Crippen LogP contribution in [0.15, 0.2) is 29.5 Å². The quantitative estimate of drug-likeness (QED) is 0.612. The Morgan fingerprint density at radius 1 is 1.50 bits per heavy atom. The zero-order valence-corrected chi connectivity index (χ0v) is 11.9. The second kappa shape index (κ2) is 5.38. The van der Waals surface area contributed by atoms with Crippen LogP contribution in [0.4, 0.5) is 0 Å². The number of hydrogen-bond donors (Lipinski definition) is 4. The summed E-state index contributed by atoms with van der Waals surface area (Å²) in [5.41, 5.74) is 7.15. The molecule has 0 bridgehead atoms. The molecule has 0 aliphatic carbocycles. The Labute approximate surface area is 121 Å². The maximum Gasteiger partial charge on any atom is 0.248 e.